The smallest absolute Gasteiger partial charge is 0.253 e. The summed E-state index contributed by atoms with van der Waals surface area (Å²) >= 11 is 0. The second-order valence-electron chi connectivity index (χ2n) is 5.90. The van der Waals surface area contributed by atoms with E-state index in [1.807, 2.05) is 29.2 Å². The predicted octanol–water partition coefficient (Wildman–Crippen LogP) is 2.06. The molecular formula is C19H20N4O2. The highest BCUT2D eigenvalue weighted by molar-refractivity contribution is 5.94. The number of methoxy groups -OCH3 is 1. The van der Waals surface area contributed by atoms with E-state index in [1.165, 1.54) is 0 Å². The van der Waals surface area contributed by atoms with Crippen LogP contribution < -0.4 is 4.90 Å². The Morgan fingerprint density at radius 1 is 1.20 bits per heavy atom. The maximum atomic E-state index is 12.6. The van der Waals surface area contributed by atoms with Gasteiger partial charge in [0, 0.05) is 45.0 Å². The third kappa shape index (κ3) is 3.78. The fourth-order valence-corrected chi connectivity index (χ4v) is 2.95. The van der Waals surface area contributed by atoms with Crippen molar-refractivity contribution in [2.45, 2.75) is 6.61 Å². The molecule has 1 fully saturated rings. The first kappa shape index (κ1) is 16.9. The number of pyridine rings is 1. The van der Waals surface area contributed by atoms with Crippen molar-refractivity contribution in [1.29, 1.82) is 5.26 Å². The van der Waals surface area contributed by atoms with Crippen molar-refractivity contribution in [2.24, 2.45) is 0 Å². The summed E-state index contributed by atoms with van der Waals surface area (Å²) in [6.45, 7) is 3.09. The summed E-state index contributed by atoms with van der Waals surface area (Å²) in [4.78, 5) is 20.9. The summed E-state index contributed by atoms with van der Waals surface area (Å²) in [7, 11) is 1.65. The van der Waals surface area contributed by atoms with Crippen molar-refractivity contribution in [3.8, 4) is 6.07 Å². The second kappa shape index (κ2) is 7.77. The number of rotatable bonds is 4. The summed E-state index contributed by atoms with van der Waals surface area (Å²) in [6, 6.07) is 13.2. The number of hydrogen-bond donors (Lipinski definition) is 0. The SMILES string of the molecule is COCc1ccc(C(=O)N2CCN(c3ncccc3C#N)CC2)cc1. The molecule has 1 aromatic heterocycles. The number of benzene rings is 1. The van der Waals surface area contributed by atoms with E-state index < -0.39 is 0 Å². The highest BCUT2D eigenvalue weighted by atomic mass is 16.5. The molecule has 128 valence electrons. The summed E-state index contributed by atoms with van der Waals surface area (Å²) < 4.78 is 5.09. The molecule has 2 aromatic rings. The van der Waals surface area contributed by atoms with Crippen molar-refractivity contribution < 1.29 is 9.53 Å². The standard InChI is InChI=1S/C19H20N4O2/c1-25-14-15-4-6-16(7-5-15)19(24)23-11-9-22(10-12-23)18-17(13-20)3-2-8-21-18/h2-8H,9-12,14H2,1H3. The number of carbonyl (C=O) groups excluding carboxylic acids is 1. The molecule has 1 saturated heterocycles. The molecule has 1 aliphatic rings. The lowest BCUT2D eigenvalue weighted by Crippen LogP contribution is -2.49. The zero-order chi connectivity index (χ0) is 17.6. The molecule has 3 rings (SSSR count). The normalized spacial score (nSPS) is 14.2. The lowest BCUT2D eigenvalue weighted by Gasteiger charge is -2.35. The Kier molecular flexibility index (Phi) is 5.26. The number of hydrogen-bond acceptors (Lipinski definition) is 5. The Hall–Kier alpha value is -2.91. The summed E-state index contributed by atoms with van der Waals surface area (Å²) in [5.41, 5.74) is 2.29. The molecule has 0 N–H and O–H groups in total. The van der Waals surface area contributed by atoms with Crippen LogP contribution in [-0.4, -0.2) is 49.1 Å². The number of amides is 1. The van der Waals surface area contributed by atoms with Gasteiger partial charge in [-0.3, -0.25) is 4.79 Å². The van der Waals surface area contributed by atoms with Gasteiger partial charge in [-0.15, -0.1) is 0 Å². The van der Waals surface area contributed by atoms with E-state index >= 15 is 0 Å². The molecule has 0 spiro atoms. The van der Waals surface area contributed by atoms with Crippen LogP contribution in [-0.2, 0) is 11.3 Å². The Labute approximate surface area is 147 Å². The minimum absolute atomic E-state index is 0.0325. The van der Waals surface area contributed by atoms with Crippen LogP contribution in [0.15, 0.2) is 42.6 Å². The van der Waals surface area contributed by atoms with Crippen molar-refractivity contribution >= 4 is 11.7 Å². The Morgan fingerprint density at radius 2 is 1.92 bits per heavy atom. The molecule has 1 amide bonds. The van der Waals surface area contributed by atoms with E-state index in [9.17, 15) is 10.1 Å². The van der Waals surface area contributed by atoms with Gasteiger partial charge in [0.25, 0.3) is 5.91 Å². The van der Waals surface area contributed by atoms with Gasteiger partial charge in [-0.05, 0) is 29.8 Å². The number of piperazine rings is 1. The van der Waals surface area contributed by atoms with Crippen LogP contribution in [0.3, 0.4) is 0 Å². The first-order chi connectivity index (χ1) is 12.2. The van der Waals surface area contributed by atoms with Gasteiger partial charge in [-0.25, -0.2) is 4.98 Å². The van der Waals surface area contributed by atoms with Crippen LogP contribution in [0.1, 0.15) is 21.5 Å². The maximum absolute atomic E-state index is 12.6. The molecule has 6 heteroatoms. The van der Waals surface area contributed by atoms with Crippen molar-refractivity contribution in [1.82, 2.24) is 9.88 Å². The molecule has 0 bridgehead atoms. The van der Waals surface area contributed by atoms with Crippen LogP contribution in [0.5, 0.6) is 0 Å². The van der Waals surface area contributed by atoms with E-state index in [2.05, 4.69) is 16.0 Å². The molecule has 1 aromatic carbocycles. The van der Waals surface area contributed by atoms with Gasteiger partial charge in [-0.1, -0.05) is 12.1 Å². The van der Waals surface area contributed by atoms with Gasteiger partial charge in [0.05, 0.1) is 12.2 Å². The molecule has 6 nitrogen and oxygen atoms in total. The fourth-order valence-electron chi connectivity index (χ4n) is 2.95. The Morgan fingerprint density at radius 3 is 2.56 bits per heavy atom. The lowest BCUT2D eigenvalue weighted by molar-refractivity contribution is 0.0746. The van der Waals surface area contributed by atoms with E-state index in [0.29, 0.717) is 49.7 Å². The van der Waals surface area contributed by atoms with Crippen molar-refractivity contribution in [3.63, 3.8) is 0 Å². The monoisotopic (exact) mass is 336 g/mol. The molecule has 0 atom stereocenters. The highest BCUT2D eigenvalue weighted by Gasteiger charge is 2.24. The van der Waals surface area contributed by atoms with E-state index in [0.717, 1.165) is 5.56 Å². The summed E-state index contributed by atoms with van der Waals surface area (Å²) in [6.07, 6.45) is 1.69. The van der Waals surface area contributed by atoms with Gasteiger partial charge < -0.3 is 14.5 Å². The molecule has 0 radical (unpaired) electrons. The van der Waals surface area contributed by atoms with E-state index in [-0.39, 0.29) is 5.91 Å². The zero-order valence-electron chi connectivity index (χ0n) is 14.2. The maximum Gasteiger partial charge on any atom is 0.253 e. The Balaban J connectivity index is 1.64. The molecule has 0 aliphatic carbocycles. The van der Waals surface area contributed by atoms with Crippen LogP contribution in [0.4, 0.5) is 5.82 Å². The first-order valence-corrected chi connectivity index (χ1v) is 8.20. The third-order valence-electron chi connectivity index (χ3n) is 4.29. The molecular weight excluding hydrogens is 316 g/mol. The van der Waals surface area contributed by atoms with Gasteiger partial charge in [0.2, 0.25) is 0 Å². The number of nitriles is 1. The number of anilines is 1. The van der Waals surface area contributed by atoms with Crippen molar-refractivity contribution in [2.75, 3.05) is 38.2 Å². The zero-order valence-corrected chi connectivity index (χ0v) is 14.2. The van der Waals surface area contributed by atoms with Crippen LogP contribution >= 0.6 is 0 Å². The van der Waals surface area contributed by atoms with Gasteiger partial charge in [0.15, 0.2) is 0 Å². The Bertz CT molecular complexity index is 775. The average molecular weight is 336 g/mol. The average Bonchev–Trinajstić information content (AvgIpc) is 2.68. The number of aromatic nitrogens is 1. The predicted molar refractivity (Wildman–Crippen MR) is 94.2 cm³/mol. The van der Waals surface area contributed by atoms with Crippen LogP contribution in [0.25, 0.3) is 0 Å². The number of nitrogens with zero attached hydrogens (tertiary/aromatic N) is 4. The second-order valence-corrected chi connectivity index (χ2v) is 5.90. The van der Waals surface area contributed by atoms with E-state index in [4.69, 9.17) is 4.74 Å². The molecule has 1 aliphatic heterocycles. The van der Waals surface area contributed by atoms with Crippen LogP contribution in [0.2, 0.25) is 0 Å². The summed E-state index contributed by atoms with van der Waals surface area (Å²) in [5.74, 6) is 0.728. The van der Waals surface area contributed by atoms with Crippen LogP contribution in [0, 0.1) is 11.3 Å². The number of carbonyl (C=O) groups is 1. The highest BCUT2D eigenvalue weighted by Crippen LogP contribution is 2.19. The third-order valence-corrected chi connectivity index (χ3v) is 4.29. The van der Waals surface area contributed by atoms with Gasteiger partial charge in [-0.2, -0.15) is 5.26 Å². The molecule has 25 heavy (non-hydrogen) atoms. The number of ether oxygens (including phenoxy) is 1. The lowest BCUT2D eigenvalue weighted by atomic mass is 10.1. The first-order valence-electron chi connectivity index (χ1n) is 8.20. The molecule has 0 saturated carbocycles. The van der Waals surface area contributed by atoms with Gasteiger partial charge >= 0.3 is 0 Å². The fraction of sp³-hybridized carbons (Fsp3) is 0.316. The largest absolute Gasteiger partial charge is 0.380 e. The minimum atomic E-state index is 0.0325. The van der Waals surface area contributed by atoms with E-state index in [1.54, 1.807) is 25.4 Å². The summed E-state index contributed by atoms with van der Waals surface area (Å²) in [5, 5.41) is 9.21. The minimum Gasteiger partial charge on any atom is -0.380 e. The van der Waals surface area contributed by atoms with Gasteiger partial charge in [0.1, 0.15) is 11.9 Å². The topological polar surface area (TPSA) is 69.5 Å². The quantitative estimate of drug-likeness (QED) is 0.855. The van der Waals surface area contributed by atoms with Crippen molar-refractivity contribution in [3.05, 3.63) is 59.3 Å². The molecule has 2 heterocycles. The molecule has 0 unspecified atom stereocenters.